The first-order valence-corrected chi connectivity index (χ1v) is 12.0. The SMILES string of the molecule is CCN(C(=O)c1cc(-c2cc(-c3c(C)c(C(F)(F)C(F)(F)F)nn3C)cs2)sc1C#N)C1CC1. The third kappa shape index (κ3) is 4.01. The van der Waals surface area contributed by atoms with Crippen LogP contribution >= 0.6 is 22.7 Å². The largest absolute Gasteiger partial charge is 0.459 e. The zero-order valence-corrected chi connectivity index (χ0v) is 20.0. The van der Waals surface area contributed by atoms with E-state index in [1.165, 1.54) is 25.3 Å². The Hall–Kier alpha value is -2.78. The summed E-state index contributed by atoms with van der Waals surface area (Å²) < 4.78 is 67.6. The second-order valence-electron chi connectivity index (χ2n) is 8.01. The van der Waals surface area contributed by atoms with Crippen LogP contribution in [0.25, 0.3) is 21.0 Å². The van der Waals surface area contributed by atoms with Crippen molar-refractivity contribution in [1.29, 1.82) is 5.26 Å². The molecule has 180 valence electrons. The number of thiophene rings is 2. The average molecular weight is 515 g/mol. The molecule has 34 heavy (non-hydrogen) atoms. The third-order valence-electron chi connectivity index (χ3n) is 5.71. The standard InChI is InChI=1S/C22H19F5N4OS2/c1-4-31(13-5-6-13)20(32)14-8-16(34-17(14)9-28)15-7-12(10-33-15)18-11(2)19(29-30(18)3)21(23,24)22(25,26)27/h7-8,10,13H,4-6H2,1-3H3. The van der Waals surface area contributed by atoms with Crippen LogP contribution in [0.15, 0.2) is 17.5 Å². The summed E-state index contributed by atoms with van der Waals surface area (Å²) in [5.74, 6) is -5.29. The van der Waals surface area contributed by atoms with Gasteiger partial charge >= 0.3 is 12.1 Å². The molecule has 3 aromatic rings. The van der Waals surface area contributed by atoms with Crippen molar-refractivity contribution in [3.63, 3.8) is 0 Å². The van der Waals surface area contributed by atoms with E-state index in [0.29, 0.717) is 27.4 Å². The number of nitrogens with zero attached hydrogens (tertiary/aromatic N) is 4. The number of rotatable bonds is 6. The second-order valence-corrected chi connectivity index (χ2v) is 9.97. The first-order valence-electron chi connectivity index (χ1n) is 10.3. The number of hydrogen-bond donors (Lipinski definition) is 0. The van der Waals surface area contributed by atoms with Crippen LogP contribution in [0.1, 0.15) is 46.3 Å². The molecule has 1 aliphatic rings. The summed E-state index contributed by atoms with van der Waals surface area (Å²) in [5, 5.41) is 14.7. The summed E-state index contributed by atoms with van der Waals surface area (Å²) in [7, 11) is 1.31. The van der Waals surface area contributed by atoms with Gasteiger partial charge in [-0.1, -0.05) is 0 Å². The van der Waals surface area contributed by atoms with E-state index in [-0.39, 0.29) is 28.1 Å². The minimum atomic E-state index is -5.76. The third-order valence-corrected chi connectivity index (χ3v) is 7.87. The van der Waals surface area contributed by atoms with Crippen molar-refractivity contribution in [1.82, 2.24) is 14.7 Å². The van der Waals surface area contributed by atoms with Crippen molar-refractivity contribution in [2.75, 3.05) is 6.54 Å². The highest BCUT2D eigenvalue weighted by atomic mass is 32.1. The average Bonchev–Trinajstić information content (AvgIpc) is 3.19. The Labute approximate surface area is 200 Å². The quantitative estimate of drug-likeness (QED) is 0.361. The highest BCUT2D eigenvalue weighted by Gasteiger charge is 2.61. The zero-order chi connectivity index (χ0) is 25.0. The summed E-state index contributed by atoms with van der Waals surface area (Å²) >= 11 is 2.38. The van der Waals surface area contributed by atoms with Crippen LogP contribution in [0.2, 0.25) is 0 Å². The Morgan fingerprint density at radius 3 is 2.50 bits per heavy atom. The lowest BCUT2D eigenvalue weighted by Crippen LogP contribution is -2.34. The molecule has 12 heteroatoms. The smallest absolute Gasteiger partial charge is 0.336 e. The van der Waals surface area contributed by atoms with Gasteiger partial charge in [-0.3, -0.25) is 9.48 Å². The summed E-state index contributed by atoms with van der Waals surface area (Å²) in [6.45, 7) is 3.60. The molecule has 1 fully saturated rings. The van der Waals surface area contributed by atoms with E-state index in [1.54, 1.807) is 22.4 Å². The monoisotopic (exact) mass is 514 g/mol. The van der Waals surface area contributed by atoms with E-state index in [2.05, 4.69) is 11.2 Å². The van der Waals surface area contributed by atoms with Crippen LogP contribution in [0.5, 0.6) is 0 Å². The normalized spacial score (nSPS) is 14.3. The lowest BCUT2D eigenvalue weighted by molar-refractivity contribution is -0.291. The van der Waals surface area contributed by atoms with E-state index >= 15 is 0 Å². The van der Waals surface area contributed by atoms with Crippen LogP contribution in [-0.2, 0) is 13.0 Å². The van der Waals surface area contributed by atoms with Gasteiger partial charge in [0.25, 0.3) is 5.91 Å². The number of alkyl halides is 5. The van der Waals surface area contributed by atoms with Gasteiger partial charge in [-0.2, -0.15) is 32.3 Å². The molecule has 0 N–H and O–H groups in total. The fourth-order valence-electron chi connectivity index (χ4n) is 3.92. The molecule has 0 aromatic carbocycles. The zero-order valence-electron chi connectivity index (χ0n) is 18.3. The van der Waals surface area contributed by atoms with Crippen molar-refractivity contribution in [3.8, 4) is 27.1 Å². The van der Waals surface area contributed by atoms with Crippen LogP contribution in [0.3, 0.4) is 0 Å². The molecule has 1 aliphatic carbocycles. The van der Waals surface area contributed by atoms with Crippen LogP contribution in [0, 0.1) is 18.3 Å². The van der Waals surface area contributed by atoms with E-state index in [1.807, 2.05) is 6.92 Å². The molecule has 4 rings (SSSR count). The number of aromatic nitrogens is 2. The Morgan fingerprint density at radius 1 is 1.26 bits per heavy atom. The van der Waals surface area contributed by atoms with Gasteiger partial charge in [0.15, 0.2) is 0 Å². The first kappa shape index (κ1) is 24.3. The molecule has 0 unspecified atom stereocenters. The van der Waals surface area contributed by atoms with Gasteiger partial charge in [-0.15, -0.1) is 22.7 Å². The van der Waals surface area contributed by atoms with Crippen LogP contribution < -0.4 is 0 Å². The van der Waals surface area contributed by atoms with E-state index < -0.39 is 17.8 Å². The minimum absolute atomic E-state index is 0.140. The summed E-state index contributed by atoms with van der Waals surface area (Å²) in [4.78, 5) is 16.3. The topological polar surface area (TPSA) is 61.9 Å². The number of amides is 1. The van der Waals surface area contributed by atoms with Gasteiger partial charge in [0, 0.05) is 45.9 Å². The minimum Gasteiger partial charge on any atom is -0.336 e. The highest BCUT2D eigenvalue weighted by Crippen LogP contribution is 2.47. The fourth-order valence-corrected chi connectivity index (χ4v) is 5.85. The van der Waals surface area contributed by atoms with Crippen molar-refractivity contribution in [2.45, 2.75) is 44.8 Å². The van der Waals surface area contributed by atoms with Crippen molar-refractivity contribution in [2.24, 2.45) is 7.05 Å². The van der Waals surface area contributed by atoms with E-state index in [9.17, 15) is 32.0 Å². The van der Waals surface area contributed by atoms with Crippen molar-refractivity contribution < 1.29 is 26.7 Å². The molecular formula is C22H19F5N4OS2. The molecule has 0 saturated heterocycles. The van der Waals surface area contributed by atoms with Gasteiger partial charge in [-0.25, -0.2) is 0 Å². The summed E-state index contributed by atoms with van der Waals surface area (Å²) in [6.07, 6.45) is -3.89. The Kier molecular flexibility index (Phi) is 6.06. The predicted molar refractivity (Wildman–Crippen MR) is 119 cm³/mol. The lowest BCUT2D eigenvalue weighted by Gasteiger charge is -2.19. The van der Waals surface area contributed by atoms with Gasteiger partial charge in [0.05, 0.1) is 11.3 Å². The van der Waals surface area contributed by atoms with Crippen LogP contribution in [0.4, 0.5) is 22.0 Å². The molecule has 0 bridgehead atoms. The maximum absolute atomic E-state index is 14.0. The molecular weight excluding hydrogens is 495 g/mol. The number of halogens is 5. The van der Waals surface area contributed by atoms with Crippen molar-refractivity contribution in [3.05, 3.63) is 39.2 Å². The summed E-state index contributed by atoms with van der Waals surface area (Å²) in [5.41, 5.74) is -0.724. The maximum Gasteiger partial charge on any atom is 0.459 e. The fraction of sp³-hybridized carbons (Fsp3) is 0.409. The Bertz CT molecular complexity index is 1290. The summed E-state index contributed by atoms with van der Waals surface area (Å²) in [6, 6.07) is 5.55. The molecule has 0 atom stereocenters. The van der Waals surface area contributed by atoms with Gasteiger partial charge in [0.1, 0.15) is 16.6 Å². The lowest BCUT2D eigenvalue weighted by atomic mass is 10.1. The molecule has 5 nitrogen and oxygen atoms in total. The van der Waals surface area contributed by atoms with Crippen LogP contribution in [-0.4, -0.2) is 39.4 Å². The molecule has 1 amide bonds. The number of nitriles is 1. The highest BCUT2D eigenvalue weighted by molar-refractivity contribution is 7.22. The number of carbonyl (C=O) groups excluding carboxylic acids is 1. The number of aryl methyl sites for hydroxylation is 1. The number of carbonyl (C=O) groups is 1. The first-order chi connectivity index (χ1) is 15.9. The molecule has 0 aliphatic heterocycles. The molecule has 0 spiro atoms. The molecule has 1 saturated carbocycles. The maximum atomic E-state index is 14.0. The van der Waals surface area contributed by atoms with E-state index in [4.69, 9.17) is 0 Å². The molecule has 3 heterocycles. The van der Waals surface area contributed by atoms with Gasteiger partial charge in [-0.05, 0) is 38.8 Å². The van der Waals surface area contributed by atoms with Crippen molar-refractivity contribution >= 4 is 28.6 Å². The predicted octanol–water partition coefficient (Wildman–Crippen LogP) is 6.34. The molecule has 3 aromatic heterocycles. The van der Waals surface area contributed by atoms with Gasteiger partial charge in [0.2, 0.25) is 0 Å². The van der Waals surface area contributed by atoms with Gasteiger partial charge < -0.3 is 4.90 Å². The molecule has 0 radical (unpaired) electrons. The number of hydrogen-bond acceptors (Lipinski definition) is 5. The Morgan fingerprint density at radius 2 is 1.94 bits per heavy atom. The van der Waals surface area contributed by atoms with E-state index in [0.717, 1.165) is 28.9 Å². The Balaban J connectivity index is 1.70. The second kappa shape index (κ2) is 8.46.